The number of ether oxygens (including phenoxy) is 1. The van der Waals surface area contributed by atoms with Crippen molar-refractivity contribution in [3.63, 3.8) is 0 Å². The highest BCUT2D eigenvalue weighted by molar-refractivity contribution is 9.10. The van der Waals surface area contributed by atoms with E-state index in [2.05, 4.69) is 28.9 Å². The first-order valence-electron chi connectivity index (χ1n) is 4.10. The molecule has 68 valence electrons. The molecule has 0 spiro atoms. The minimum Gasteiger partial charge on any atom is -0.494 e. The van der Waals surface area contributed by atoms with Crippen LogP contribution in [0.25, 0.3) is 0 Å². The molecular weight excluding hydrogens is 230 g/mol. The Hall–Kier alpha value is -1.01. The van der Waals surface area contributed by atoms with Gasteiger partial charge in [0.15, 0.2) is 0 Å². The van der Waals surface area contributed by atoms with Gasteiger partial charge < -0.3 is 4.74 Å². The van der Waals surface area contributed by atoms with Crippen molar-refractivity contribution in [1.29, 1.82) is 5.26 Å². The van der Waals surface area contributed by atoms with E-state index in [0.29, 0.717) is 12.2 Å². The average molecular weight is 240 g/mol. The first kappa shape index (κ1) is 10.1. The summed E-state index contributed by atoms with van der Waals surface area (Å²) in [6.07, 6.45) is 0.984. The third kappa shape index (κ3) is 2.74. The summed E-state index contributed by atoms with van der Waals surface area (Å²) in [5.74, 6) is 0.799. The van der Waals surface area contributed by atoms with Gasteiger partial charge in [-0.3, -0.25) is 0 Å². The molecule has 1 aromatic rings. The Bertz CT molecular complexity index is 330. The molecule has 0 unspecified atom stereocenters. The van der Waals surface area contributed by atoms with Crippen molar-refractivity contribution in [2.45, 2.75) is 13.3 Å². The molecular formula is C10H10BrNO. The zero-order valence-corrected chi connectivity index (χ0v) is 8.97. The molecule has 0 aliphatic carbocycles. The molecule has 0 saturated heterocycles. The normalized spacial score (nSPS) is 9.31. The van der Waals surface area contributed by atoms with E-state index in [1.54, 1.807) is 12.1 Å². The predicted octanol–water partition coefficient (Wildman–Crippen LogP) is 3.11. The molecule has 3 heteroatoms. The van der Waals surface area contributed by atoms with Gasteiger partial charge in [-0.2, -0.15) is 5.26 Å². The number of hydrogen-bond acceptors (Lipinski definition) is 2. The van der Waals surface area contributed by atoms with E-state index in [0.717, 1.165) is 16.6 Å². The van der Waals surface area contributed by atoms with Crippen LogP contribution in [0.15, 0.2) is 22.7 Å². The summed E-state index contributed by atoms with van der Waals surface area (Å²) in [5, 5.41) is 8.66. The Morgan fingerprint density at radius 1 is 1.54 bits per heavy atom. The molecule has 0 heterocycles. The van der Waals surface area contributed by atoms with Gasteiger partial charge in [0.1, 0.15) is 11.8 Å². The lowest BCUT2D eigenvalue weighted by Gasteiger charge is -2.04. The van der Waals surface area contributed by atoms with Crippen LogP contribution < -0.4 is 4.74 Å². The largest absolute Gasteiger partial charge is 0.494 e. The quantitative estimate of drug-likeness (QED) is 0.813. The fraction of sp³-hybridized carbons (Fsp3) is 0.300. The Kier molecular flexibility index (Phi) is 3.78. The van der Waals surface area contributed by atoms with Crippen molar-refractivity contribution < 1.29 is 4.74 Å². The summed E-state index contributed by atoms with van der Waals surface area (Å²) in [6.45, 7) is 2.76. The van der Waals surface area contributed by atoms with Crippen LogP contribution in [0, 0.1) is 11.3 Å². The lowest BCUT2D eigenvalue weighted by Crippen LogP contribution is -1.94. The highest BCUT2D eigenvalue weighted by Crippen LogP contribution is 2.22. The number of benzene rings is 1. The second-order valence-corrected chi connectivity index (χ2v) is 3.46. The van der Waals surface area contributed by atoms with Crippen LogP contribution in [0.3, 0.4) is 0 Å². The van der Waals surface area contributed by atoms with E-state index in [-0.39, 0.29) is 0 Å². The predicted molar refractivity (Wildman–Crippen MR) is 54.6 cm³/mol. The van der Waals surface area contributed by atoms with Crippen LogP contribution in [0.4, 0.5) is 0 Å². The molecule has 0 fully saturated rings. The Labute approximate surface area is 86.3 Å². The number of halogens is 1. The minimum atomic E-state index is 0.629. The number of hydrogen-bond donors (Lipinski definition) is 0. The van der Waals surface area contributed by atoms with E-state index in [9.17, 15) is 0 Å². The van der Waals surface area contributed by atoms with Crippen LogP contribution in [-0.4, -0.2) is 6.61 Å². The monoisotopic (exact) mass is 239 g/mol. The lowest BCUT2D eigenvalue weighted by molar-refractivity contribution is 0.317. The molecule has 0 bridgehead atoms. The molecule has 2 nitrogen and oxygen atoms in total. The first-order valence-corrected chi connectivity index (χ1v) is 4.89. The van der Waals surface area contributed by atoms with Gasteiger partial charge in [-0.1, -0.05) is 6.92 Å². The zero-order chi connectivity index (χ0) is 9.68. The summed E-state index contributed by atoms with van der Waals surface area (Å²) in [7, 11) is 0. The fourth-order valence-electron chi connectivity index (χ4n) is 0.896. The standard InChI is InChI=1S/C10H10BrNO/c1-2-5-13-9-4-3-8(7-12)10(11)6-9/h3-4,6H,2,5H2,1H3. The van der Waals surface area contributed by atoms with Gasteiger partial charge in [-0.25, -0.2) is 0 Å². The molecule has 0 N–H and O–H groups in total. The molecule has 0 atom stereocenters. The van der Waals surface area contributed by atoms with Gasteiger partial charge in [-0.05, 0) is 40.5 Å². The van der Waals surface area contributed by atoms with Gasteiger partial charge >= 0.3 is 0 Å². The maximum absolute atomic E-state index is 8.66. The second kappa shape index (κ2) is 4.88. The van der Waals surface area contributed by atoms with Crippen molar-refractivity contribution in [2.75, 3.05) is 6.61 Å². The van der Waals surface area contributed by atoms with Crippen molar-refractivity contribution in [2.24, 2.45) is 0 Å². The summed E-state index contributed by atoms with van der Waals surface area (Å²) >= 11 is 3.30. The fourth-order valence-corrected chi connectivity index (χ4v) is 1.34. The number of nitrogens with zero attached hydrogens (tertiary/aromatic N) is 1. The summed E-state index contributed by atoms with van der Waals surface area (Å²) in [5.41, 5.74) is 0.629. The van der Waals surface area contributed by atoms with E-state index < -0.39 is 0 Å². The first-order chi connectivity index (χ1) is 6.27. The molecule has 0 saturated carbocycles. The van der Waals surface area contributed by atoms with E-state index in [4.69, 9.17) is 10.00 Å². The minimum absolute atomic E-state index is 0.629. The molecule has 0 aliphatic rings. The Morgan fingerprint density at radius 3 is 2.85 bits per heavy atom. The van der Waals surface area contributed by atoms with E-state index in [1.807, 2.05) is 6.07 Å². The highest BCUT2D eigenvalue weighted by atomic mass is 79.9. The maximum Gasteiger partial charge on any atom is 0.120 e. The summed E-state index contributed by atoms with van der Waals surface area (Å²) < 4.78 is 6.18. The van der Waals surface area contributed by atoms with Crippen LogP contribution >= 0.6 is 15.9 Å². The molecule has 0 radical (unpaired) electrons. The number of rotatable bonds is 3. The van der Waals surface area contributed by atoms with Crippen molar-refractivity contribution >= 4 is 15.9 Å². The SMILES string of the molecule is CCCOc1ccc(C#N)c(Br)c1. The molecule has 0 aliphatic heterocycles. The van der Waals surface area contributed by atoms with Crippen LogP contribution in [0.2, 0.25) is 0 Å². The smallest absolute Gasteiger partial charge is 0.120 e. The Balaban J connectivity index is 2.79. The summed E-state index contributed by atoms with van der Waals surface area (Å²) in [6, 6.07) is 7.44. The lowest BCUT2D eigenvalue weighted by atomic mass is 10.2. The van der Waals surface area contributed by atoms with Crippen LogP contribution in [0.5, 0.6) is 5.75 Å². The van der Waals surface area contributed by atoms with Gasteiger partial charge in [0.05, 0.1) is 12.2 Å². The van der Waals surface area contributed by atoms with Crippen LogP contribution in [0.1, 0.15) is 18.9 Å². The van der Waals surface area contributed by atoms with Gasteiger partial charge in [0.25, 0.3) is 0 Å². The molecule has 1 aromatic carbocycles. The van der Waals surface area contributed by atoms with Crippen LogP contribution in [-0.2, 0) is 0 Å². The third-order valence-corrected chi connectivity index (χ3v) is 2.19. The van der Waals surface area contributed by atoms with E-state index >= 15 is 0 Å². The Morgan fingerprint density at radius 2 is 2.31 bits per heavy atom. The maximum atomic E-state index is 8.66. The highest BCUT2D eigenvalue weighted by Gasteiger charge is 2.00. The summed E-state index contributed by atoms with van der Waals surface area (Å²) in [4.78, 5) is 0. The number of nitriles is 1. The topological polar surface area (TPSA) is 33.0 Å². The molecule has 13 heavy (non-hydrogen) atoms. The second-order valence-electron chi connectivity index (χ2n) is 2.60. The van der Waals surface area contributed by atoms with Crippen molar-refractivity contribution in [3.05, 3.63) is 28.2 Å². The van der Waals surface area contributed by atoms with Gasteiger partial charge in [-0.15, -0.1) is 0 Å². The molecule has 1 rings (SSSR count). The van der Waals surface area contributed by atoms with Crippen molar-refractivity contribution in [3.8, 4) is 11.8 Å². The average Bonchev–Trinajstić information content (AvgIpc) is 2.15. The van der Waals surface area contributed by atoms with Crippen molar-refractivity contribution in [1.82, 2.24) is 0 Å². The molecule has 0 amide bonds. The van der Waals surface area contributed by atoms with E-state index in [1.165, 1.54) is 0 Å². The molecule has 0 aromatic heterocycles. The van der Waals surface area contributed by atoms with Gasteiger partial charge in [0, 0.05) is 4.47 Å². The zero-order valence-electron chi connectivity index (χ0n) is 7.38. The third-order valence-electron chi connectivity index (χ3n) is 1.53. The van der Waals surface area contributed by atoms with Gasteiger partial charge in [0.2, 0.25) is 0 Å².